The molecule has 1 heterocycles. The van der Waals surface area contributed by atoms with Crippen molar-refractivity contribution in [3.63, 3.8) is 0 Å². The smallest absolute Gasteiger partial charge is 0.339 e. The number of ether oxygens (including phenoxy) is 1. The van der Waals surface area contributed by atoms with E-state index in [9.17, 15) is 18.0 Å². The second-order valence-corrected chi connectivity index (χ2v) is 8.52. The average molecular weight is 407 g/mol. The number of esters is 1. The Balaban J connectivity index is 2.30. The minimum absolute atomic E-state index is 0.0234. The highest BCUT2D eigenvalue weighted by atomic mass is 32.2. The van der Waals surface area contributed by atoms with Crippen molar-refractivity contribution >= 4 is 21.9 Å². The van der Waals surface area contributed by atoms with Gasteiger partial charge in [-0.3, -0.25) is 4.79 Å². The third-order valence-electron chi connectivity index (χ3n) is 4.47. The lowest BCUT2D eigenvalue weighted by Crippen LogP contribution is -2.27. The Hall–Kier alpha value is -2.65. The summed E-state index contributed by atoms with van der Waals surface area (Å²) < 4.78 is 30.9. The highest BCUT2D eigenvalue weighted by Gasteiger charge is 2.24. The number of benzene rings is 1. The van der Waals surface area contributed by atoms with Gasteiger partial charge in [0.1, 0.15) is 5.69 Å². The first-order valence-corrected chi connectivity index (χ1v) is 10.2. The maximum atomic E-state index is 12.7. The first-order valence-electron chi connectivity index (χ1n) is 8.73. The van der Waals surface area contributed by atoms with Crippen LogP contribution in [-0.4, -0.2) is 50.8 Å². The molecule has 0 saturated heterocycles. The van der Waals surface area contributed by atoms with Gasteiger partial charge >= 0.3 is 5.97 Å². The van der Waals surface area contributed by atoms with Gasteiger partial charge < -0.3 is 15.0 Å². The zero-order valence-corrected chi connectivity index (χ0v) is 17.4. The number of H-pyrrole nitrogens is 1. The number of aromatic nitrogens is 1. The third kappa shape index (κ3) is 4.10. The Labute approximate surface area is 164 Å². The summed E-state index contributed by atoms with van der Waals surface area (Å²) in [5, 5.41) is 2.72. The Morgan fingerprint density at radius 3 is 2.43 bits per heavy atom. The molecule has 9 heteroatoms. The molecule has 0 aliphatic heterocycles. The van der Waals surface area contributed by atoms with Crippen molar-refractivity contribution in [3.05, 3.63) is 52.3 Å². The minimum atomic E-state index is -3.64. The molecule has 2 rings (SSSR count). The molecule has 28 heavy (non-hydrogen) atoms. The Kier molecular flexibility index (Phi) is 6.63. The zero-order valence-electron chi connectivity index (χ0n) is 16.6. The molecule has 1 aromatic heterocycles. The van der Waals surface area contributed by atoms with E-state index in [-0.39, 0.29) is 17.1 Å². The van der Waals surface area contributed by atoms with E-state index in [0.717, 1.165) is 4.31 Å². The number of hydrogen-bond acceptors (Lipinski definition) is 5. The Bertz CT molecular complexity index is 993. The van der Waals surface area contributed by atoms with E-state index in [4.69, 9.17) is 4.74 Å². The summed E-state index contributed by atoms with van der Waals surface area (Å²) in [4.78, 5) is 27.8. The lowest BCUT2D eigenvalue weighted by atomic mass is 10.1. The normalized spacial score (nSPS) is 11.5. The number of nitrogens with one attached hydrogen (secondary N) is 2. The molecule has 152 valence electrons. The second-order valence-electron chi connectivity index (χ2n) is 6.40. The molecule has 8 nitrogen and oxygen atoms in total. The number of carbonyl (C=O) groups excluding carboxylic acids is 2. The van der Waals surface area contributed by atoms with Crippen molar-refractivity contribution < 1.29 is 22.7 Å². The van der Waals surface area contributed by atoms with Crippen molar-refractivity contribution in [3.8, 4) is 0 Å². The van der Waals surface area contributed by atoms with Crippen molar-refractivity contribution in [1.82, 2.24) is 14.6 Å². The van der Waals surface area contributed by atoms with Crippen molar-refractivity contribution in [1.29, 1.82) is 0 Å². The molecule has 2 aromatic rings. The van der Waals surface area contributed by atoms with Crippen LogP contribution in [0.2, 0.25) is 0 Å². The van der Waals surface area contributed by atoms with Crippen LogP contribution in [0, 0.1) is 6.92 Å². The first-order chi connectivity index (χ1) is 13.1. The molecule has 0 saturated carbocycles. The number of methoxy groups -OCH3 is 1. The second kappa shape index (κ2) is 8.57. The largest absolute Gasteiger partial charge is 0.465 e. The zero-order chi connectivity index (χ0) is 21.1. The summed E-state index contributed by atoms with van der Waals surface area (Å²) >= 11 is 0. The van der Waals surface area contributed by atoms with Crippen LogP contribution in [0.3, 0.4) is 0 Å². The topological polar surface area (TPSA) is 109 Å². The molecular formula is C19H25N3O5S. The van der Waals surface area contributed by atoms with Crippen molar-refractivity contribution in [2.24, 2.45) is 0 Å². The molecule has 0 bridgehead atoms. The fourth-order valence-electron chi connectivity index (χ4n) is 2.89. The maximum absolute atomic E-state index is 12.7. The average Bonchev–Trinajstić information content (AvgIpc) is 3.02. The molecule has 0 aliphatic carbocycles. The van der Waals surface area contributed by atoms with Crippen molar-refractivity contribution in [2.75, 3.05) is 21.2 Å². The van der Waals surface area contributed by atoms with Crippen LogP contribution in [-0.2, 0) is 27.7 Å². The summed E-state index contributed by atoms with van der Waals surface area (Å²) in [6, 6.07) is 6.49. The van der Waals surface area contributed by atoms with Crippen LogP contribution in [0.25, 0.3) is 0 Å². The first kappa shape index (κ1) is 21.6. The van der Waals surface area contributed by atoms with Gasteiger partial charge in [0.25, 0.3) is 5.91 Å². The molecule has 0 unspecified atom stereocenters. The minimum Gasteiger partial charge on any atom is -0.465 e. The Morgan fingerprint density at radius 2 is 1.86 bits per heavy atom. The van der Waals surface area contributed by atoms with E-state index in [2.05, 4.69) is 10.3 Å². The molecule has 0 atom stereocenters. The monoisotopic (exact) mass is 407 g/mol. The molecule has 0 spiro atoms. The number of aryl methyl sites for hydroxylation is 1. The maximum Gasteiger partial charge on any atom is 0.339 e. The number of amides is 1. The Morgan fingerprint density at radius 1 is 1.21 bits per heavy atom. The summed E-state index contributed by atoms with van der Waals surface area (Å²) in [6.07, 6.45) is 0.530. The van der Waals surface area contributed by atoms with Crippen LogP contribution in [0.5, 0.6) is 0 Å². The van der Waals surface area contributed by atoms with Gasteiger partial charge in [-0.25, -0.2) is 17.5 Å². The quantitative estimate of drug-likeness (QED) is 0.681. The lowest BCUT2D eigenvalue weighted by Gasteiger charge is -2.15. The predicted molar refractivity (Wildman–Crippen MR) is 105 cm³/mol. The molecule has 0 aliphatic rings. The molecule has 1 aromatic carbocycles. The third-order valence-corrected chi connectivity index (χ3v) is 6.38. The van der Waals surface area contributed by atoms with Crippen LogP contribution >= 0.6 is 0 Å². The van der Waals surface area contributed by atoms with Crippen LogP contribution < -0.4 is 5.32 Å². The standard InChI is InChI=1S/C19H25N3O5S/c1-6-14-16(19(24)27-5)12(2)17(21-14)18(23)20-11-13-9-7-8-10-15(13)28(25,26)22(3)4/h7-10,21H,6,11H2,1-5H3,(H,20,23). The fraction of sp³-hybridized carbons (Fsp3) is 0.368. The predicted octanol–water partition coefficient (Wildman–Crippen LogP) is 1.85. The van der Waals surface area contributed by atoms with Gasteiger partial charge in [-0.2, -0.15) is 0 Å². The number of rotatable bonds is 7. The number of nitrogens with zero attached hydrogens (tertiary/aromatic N) is 1. The fourth-order valence-corrected chi connectivity index (χ4v) is 4.01. The number of sulfonamides is 1. The number of aromatic amines is 1. The van der Waals surface area contributed by atoms with E-state index in [1.54, 1.807) is 25.1 Å². The summed E-state index contributed by atoms with van der Waals surface area (Å²) in [5.74, 6) is -0.938. The van der Waals surface area contributed by atoms with Gasteiger partial charge in [0.2, 0.25) is 10.0 Å². The van der Waals surface area contributed by atoms with Gasteiger partial charge in [0.05, 0.1) is 17.6 Å². The lowest BCUT2D eigenvalue weighted by molar-refractivity contribution is 0.0599. The van der Waals surface area contributed by atoms with Gasteiger partial charge in [-0.05, 0) is 30.5 Å². The summed E-state index contributed by atoms with van der Waals surface area (Å²) in [6.45, 7) is 3.55. The molecular weight excluding hydrogens is 382 g/mol. The highest BCUT2D eigenvalue weighted by molar-refractivity contribution is 7.89. The van der Waals surface area contributed by atoms with E-state index < -0.39 is 21.9 Å². The number of hydrogen-bond donors (Lipinski definition) is 2. The highest BCUT2D eigenvalue weighted by Crippen LogP contribution is 2.21. The van der Waals surface area contributed by atoms with E-state index in [0.29, 0.717) is 28.8 Å². The van der Waals surface area contributed by atoms with Crippen LogP contribution in [0.1, 0.15) is 44.6 Å². The van der Waals surface area contributed by atoms with E-state index >= 15 is 0 Å². The summed E-state index contributed by atoms with van der Waals surface area (Å²) in [5.41, 5.74) is 2.19. The van der Waals surface area contributed by atoms with Crippen LogP contribution in [0.4, 0.5) is 0 Å². The van der Waals surface area contributed by atoms with Crippen LogP contribution in [0.15, 0.2) is 29.2 Å². The van der Waals surface area contributed by atoms with Gasteiger partial charge in [-0.15, -0.1) is 0 Å². The summed E-state index contributed by atoms with van der Waals surface area (Å²) in [7, 11) is 0.555. The molecule has 0 radical (unpaired) electrons. The molecule has 2 N–H and O–H groups in total. The van der Waals surface area contributed by atoms with Gasteiger partial charge in [-0.1, -0.05) is 25.1 Å². The molecule has 1 amide bonds. The van der Waals surface area contributed by atoms with E-state index in [1.165, 1.54) is 27.3 Å². The van der Waals surface area contributed by atoms with Crippen molar-refractivity contribution in [2.45, 2.75) is 31.7 Å². The van der Waals surface area contributed by atoms with Gasteiger partial charge in [0, 0.05) is 26.3 Å². The van der Waals surface area contributed by atoms with Gasteiger partial charge in [0.15, 0.2) is 0 Å². The number of carbonyl (C=O) groups is 2. The molecule has 0 fully saturated rings. The van der Waals surface area contributed by atoms with E-state index in [1.807, 2.05) is 6.92 Å². The SMILES string of the molecule is CCc1[nH]c(C(=O)NCc2ccccc2S(=O)(=O)N(C)C)c(C)c1C(=O)OC.